The Morgan fingerprint density at radius 1 is 1.43 bits per heavy atom. The number of hydrogen-bond acceptors (Lipinski definition) is 4. The monoisotopic (exact) mass is 314 g/mol. The molecular formula is C16H18N4O3. The molecule has 0 atom stereocenters. The van der Waals surface area contributed by atoms with Crippen molar-refractivity contribution in [2.75, 3.05) is 0 Å². The highest BCUT2D eigenvalue weighted by Crippen LogP contribution is 2.31. The van der Waals surface area contributed by atoms with E-state index in [2.05, 4.69) is 4.98 Å². The lowest BCUT2D eigenvalue weighted by atomic mass is 10.1. The van der Waals surface area contributed by atoms with E-state index in [1.807, 2.05) is 18.7 Å². The van der Waals surface area contributed by atoms with Crippen LogP contribution >= 0.6 is 0 Å². The largest absolute Gasteiger partial charge is 0.333 e. The van der Waals surface area contributed by atoms with Gasteiger partial charge in [-0.15, -0.1) is 0 Å². The second kappa shape index (κ2) is 5.83. The zero-order chi connectivity index (χ0) is 16.6. The highest BCUT2D eigenvalue weighted by Gasteiger charge is 2.35. The van der Waals surface area contributed by atoms with Crippen LogP contribution in [0.1, 0.15) is 37.0 Å². The number of carbonyl (C=O) groups excluding carboxylic acids is 1. The molecule has 1 aliphatic carbocycles. The van der Waals surface area contributed by atoms with Crippen molar-refractivity contribution in [3.63, 3.8) is 0 Å². The van der Waals surface area contributed by atoms with Crippen molar-refractivity contribution >= 4 is 11.6 Å². The first-order valence-corrected chi connectivity index (χ1v) is 7.58. The second-order valence-electron chi connectivity index (χ2n) is 5.97. The van der Waals surface area contributed by atoms with Gasteiger partial charge in [-0.3, -0.25) is 14.9 Å². The fraction of sp³-hybridized carbons (Fsp3) is 0.375. The molecule has 0 spiro atoms. The molecule has 1 heterocycles. The summed E-state index contributed by atoms with van der Waals surface area (Å²) in [6, 6.07) is 4.92. The summed E-state index contributed by atoms with van der Waals surface area (Å²) in [5, 5.41) is 11.4. The molecule has 120 valence electrons. The van der Waals surface area contributed by atoms with Crippen LogP contribution < -0.4 is 0 Å². The molecule has 3 rings (SSSR count). The molecule has 1 saturated carbocycles. The van der Waals surface area contributed by atoms with Crippen molar-refractivity contribution < 1.29 is 9.72 Å². The van der Waals surface area contributed by atoms with Crippen LogP contribution in [0.25, 0.3) is 5.69 Å². The molecule has 0 bridgehead atoms. The highest BCUT2D eigenvalue weighted by atomic mass is 16.6. The summed E-state index contributed by atoms with van der Waals surface area (Å²) in [6.45, 7) is 3.93. The minimum Gasteiger partial charge on any atom is -0.333 e. The molecule has 7 nitrogen and oxygen atoms in total. The van der Waals surface area contributed by atoms with Crippen molar-refractivity contribution in [2.24, 2.45) is 0 Å². The van der Waals surface area contributed by atoms with Gasteiger partial charge in [-0.2, -0.15) is 0 Å². The molecule has 1 amide bonds. The summed E-state index contributed by atoms with van der Waals surface area (Å²) >= 11 is 0. The van der Waals surface area contributed by atoms with Gasteiger partial charge in [0.15, 0.2) is 0 Å². The van der Waals surface area contributed by atoms with Crippen LogP contribution in [0, 0.1) is 10.1 Å². The Kier molecular flexibility index (Phi) is 3.85. The number of nitro benzene ring substituents is 1. The van der Waals surface area contributed by atoms with E-state index in [9.17, 15) is 14.9 Å². The summed E-state index contributed by atoms with van der Waals surface area (Å²) in [5.41, 5.74) is 0.640. The van der Waals surface area contributed by atoms with Gasteiger partial charge in [-0.25, -0.2) is 4.98 Å². The van der Waals surface area contributed by atoms with Crippen LogP contribution in [-0.4, -0.2) is 37.4 Å². The maximum absolute atomic E-state index is 12.7. The molecule has 1 aromatic heterocycles. The Labute approximate surface area is 133 Å². The Hall–Kier alpha value is -2.70. The molecule has 1 aromatic carbocycles. The van der Waals surface area contributed by atoms with E-state index in [1.54, 1.807) is 29.1 Å². The Morgan fingerprint density at radius 2 is 2.17 bits per heavy atom. The Balaban J connectivity index is 1.99. The number of nitrogens with zero attached hydrogens (tertiary/aromatic N) is 4. The first kappa shape index (κ1) is 15.2. The zero-order valence-corrected chi connectivity index (χ0v) is 13.0. The predicted octanol–water partition coefficient (Wildman–Crippen LogP) is 2.79. The zero-order valence-electron chi connectivity index (χ0n) is 13.0. The summed E-state index contributed by atoms with van der Waals surface area (Å²) in [6.07, 6.45) is 6.68. The molecule has 1 fully saturated rings. The minimum atomic E-state index is -0.469. The average Bonchev–Trinajstić information content (AvgIpc) is 3.18. The van der Waals surface area contributed by atoms with Crippen molar-refractivity contribution in [3.8, 4) is 5.69 Å². The standard InChI is InChI=1S/C16H18N4O3/c1-11(2)19(13-4-5-13)16(21)12-3-6-14(15(9-12)20(22)23)18-8-7-17-10-18/h3,6-11,13H,4-5H2,1-2H3. The van der Waals surface area contributed by atoms with Crippen molar-refractivity contribution in [1.82, 2.24) is 14.5 Å². The van der Waals surface area contributed by atoms with Crippen LogP contribution in [0.3, 0.4) is 0 Å². The number of benzene rings is 1. The van der Waals surface area contributed by atoms with E-state index in [1.165, 1.54) is 12.4 Å². The highest BCUT2D eigenvalue weighted by molar-refractivity contribution is 5.96. The van der Waals surface area contributed by atoms with Crippen molar-refractivity contribution in [1.29, 1.82) is 0 Å². The van der Waals surface area contributed by atoms with Gasteiger partial charge in [0.1, 0.15) is 5.69 Å². The third-order valence-electron chi connectivity index (χ3n) is 3.93. The van der Waals surface area contributed by atoms with Crippen LogP contribution in [0.2, 0.25) is 0 Å². The van der Waals surface area contributed by atoms with E-state index >= 15 is 0 Å². The first-order valence-electron chi connectivity index (χ1n) is 7.58. The normalized spacial score (nSPS) is 14.0. The number of aromatic nitrogens is 2. The van der Waals surface area contributed by atoms with E-state index in [4.69, 9.17) is 0 Å². The third-order valence-corrected chi connectivity index (χ3v) is 3.93. The van der Waals surface area contributed by atoms with Gasteiger partial charge >= 0.3 is 0 Å². The van der Waals surface area contributed by atoms with Crippen LogP contribution in [0.5, 0.6) is 0 Å². The third kappa shape index (κ3) is 2.94. The fourth-order valence-corrected chi connectivity index (χ4v) is 2.75. The number of imidazole rings is 1. The molecule has 0 N–H and O–H groups in total. The van der Waals surface area contributed by atoms with Crippen LogP contribution in [0.4, 0.5) is 5.69 Å². The van der Waals surface area contributed by atoms with Gasteiger partial charge in [0.2, 0.25) is 0 Å². The Bertz CT molecular complexity index is 734. The molecule has 23 heavy (non-hydrogen) atoms. The van der Waals surface area contributed by atoms with Crippen LogP contribution in [-0.2, 0) is 0 Å². The summed E-state index contributed by atoms with van der Waals surface area (Å²) in [7, 11) is 0. The van der Waals surface area contributed by atoms with E-state index in [-0.39, 0.29) is 23.7 Å². The minimum absolute atomic E-state index is 0.0716. The lowest BCUT2D eigenvalue weighted by Crippen LogP contribution is -2.38. The average molecular weight is 314 g/mol. The lowest BCUT2D eigenvalue weighted by Gasteiger charge is -2.26. The van der Waals surface area contributed by atoms with Gasteiger partial charge in [-0.1, -0.05) is 0 Å². The maximum atomic E-state index is 12.7. The lowest BCUT2D eigenvalue weighted by molar-refractivity contribution is -0.384. The Morgan fingerprint density at radius 3 is 2.70 bits per heavy atom. The molecule has 7 heteroatoms. The number of carbonyl (C=O) groups is 1. The smallest absolute Gasteiger partial charge is 0.294 e. The fourth-order valence-electron chi connectivity index (χ4n) is 2.75. The SMILES string of the molecule is CC(C)N(C(=O)c1ccc(-n2ccnc2)c([N+](=O)[O-])c1)C1CC1. The molecule has 0 aliphatic heterocycles. The van der Waals surface area contributed by atoms with Gasteiger partial charge in [0.25, 0.3) is 11.6 Å². The van der Waals surface area contributed by atoms with E-state index in [0.717, 1.165) is 12.8 Å². The number of amides is 1. The second-order valence-corrected chi connectivity index (χ2v) is 5.97. The van der Waals surface area contributed by atoms with Crippen molar-refractivity contribution in [2.45, 2.75) is 38.8 Å². The molecule has 1 aliphatic rings. The number of hydrogen-bond donors (Lipinski definition) is 0. The van der Waals surface area contributed by atoms with Gasteiger partial charge in [0, 0.05) is 36.1 Å². The molecule has 2 aromatic rings. The number of nitro groups is 1. The topological polar surface area (TPSA) is 81.3 Å². The van der Waals surface area contributed by atoms with Gasteiger partial charge in [0.05, 0.1) is 11.3 Å². The van der Waals surface area contributed by atoms with E-state index in [0.29, 0.717) is 11.3 Å². The quantitative estimate of drug-likeness (QED) is 0.627. The van der Waals surface area contributed by atoms with Gasteiger partial charge < -0.3 is 9.47 Å². The summed E-state index contributed by atoms with van der Waals surface area (Å²) in [4.78, 5) is 29.4. The van der Waals surface area contributed by atoms with E-state index < -0.39 is 4.92 Å². The van der Waals surface area contributed by atoms with Crippen molar-refractivity contribution in [3.05, 3.63) is 52.6 Å². The number of rotatable bonds is 5. The maximum Gasteiger partial charge on any atom is 0.294 e. The first-order chi connectivity index (χ1) is 11.0. The molecule has 0 saturated heterocycles. The van der Waals surface area contributed by atoms with Crippen LogP contribution in [0.15, 0.2) is 36.9 Å². The summed E-state index contributed by atoms with van der Waals surface area (Å²) in [5.74, 6) is -0.150. The molecule has 0 unspecified atom stereocenters. The van der Waals surface area contributed by atoms with Gasteiger partial charge in [-0.05, 0) is 38.8 Å². The molecule has 0 radical (unpaired) electrons. The predicted molar refractivity (Wildman–Crippen MR) is 84.5 cm³/mol. The molecular weight excluding hydrogens is 296 g/mol. The summed E-state index contributed by atoms with van der Waals surface area (Å²) < 4.78 is 1.56.